The van der Waals surface area contributed by atoms with Crippen LogP contribution in [0, 0.1) is 0 Å². The highest BCUT2D eigenvalue weighted by Gasteiger charge is 1.80. The summed E-state index contributed by atoms with van der Waals surface area (Å²) in [6.45, 7) is 2.64. The fraction of sp³-hybridized carbons (Fsp3) is 0.600. The van der Waals surface area contributed by atoms with Crippen LogP contribution in [0.3, 0.4) is 0 Å². The van der Waals surface area contributed by atoms with E-state index in [0.717, 1.165) is 0 Å². The molecule has 0 aliphatic rings. The summed E-state index contributed by atoms with van der Waals surface area (Å²) in [5.41, 5.74) is 0. The first-order valence-corrected chi connectivity index (χ1v) is 2.81. The smallest absolute Gasteiger partial charge is 0.141 e. The molecule has 0 rings (SSSR count). The Morgan fingerprint density at radius 1 is 1.75 bits per heavy atom. The van der Waals surface area contributed by atoms with Gasteiger partial charge in [0.2, 0.25) is 0 Å². The molecule has 0 heterocycles. The van der Waals surface area contributed by atoms with Gasteiger partial charge in [-0.15, -0.1) is 0 Å². The molecule has 0 aromatic carbocycles. The highest BCUT2D eigenvalue weighted by Crippen LogP contribution is 1.80. The highest BCUT2D eigenvalue weighted by atomic mass is 35.5. The third-order valence-electron chi connectivity index (χ3n) is 0.545. The topological polar surface area (TPSA) is 24.7 Å². The van der Waals surface area contributed by atoms with E-state index < -0.39 is 0 Å². The molecule has 0 bridgehead atoms. The van der Waals surface area contributed by atoms with Crippen LogP contribution in [0.2, 0.25) is 0 Å². The lowest BCUT2D eigenvalue weighted by molar-refractivity contribution is 1.14. The molecular weight excluding hydrogens is 124 g/mol. The normalized spacial score (nSPS) is 13.1. The van der Waals surface area contributed by atoms with Crippen molar-refractivity contribution in [3.8, 4) is 0 Å². The van der Waals surface area contributed by atoms with E-state index in [4.69, 9.17) is 11.6 Å². The van der Waals surface area contributed by atoms with E-state index in [1.807, 2.05) is 6.92 Å². The molecule has 0 N–H and O–H groups in total. The quantitative estimate of drug-likeness (QED) is 0.507. The average Bonchev–Trinajstić information content (AvgIpc) is 1.68. The van der Waals surface area contributed by atoms with E-state index >= 15 is 0 Å². The summed E-state index contributed by atoms with van der Waals surface area (Å²) in [5, 5.41) is 0.468. The maximum atomic E-state index is 5.48. The second-order valence-electron chi connectivity index (χ2n) is 1.18. The van der Waals surface area contributed by atoms with Gasteiger partial charge >= 0.3 is 0 Å². The summed E-state index contributed by atoms with van der Waals surface area (Å²) in [6.07, 6.45) is 1.52. The van der Waals surface area contributed by atoms with Crippen LogP contribution in [0.25, 0.3) is 0 Å². The third-order valence-corrected chi connectivity index (χ3v) is 0.762. The predicted molar refractivity (Wildman–Crippen MR) is 38.2 cm³/mol. The lowest BCUT2D eigenvalue weighted by Crippen LogP contribution is -1.88. The SMILES string of the molecule is CCN=C(Cl)C=NC. The summed E-state index contributed by atoms with van der Waals surface area (Å²) in [7, 11) is 1.66. The molecule has 0 fully saturated rings. The highest BCUT2D eigenvalue weighted by molar-refractivity contribution is 6.79. The van der Waals surface area contributed by atoms with E-state index in [1.54, 1.807) is 7.05 Å². The van der Waals surface area contributed by atoms with Crippen molar-refractivity contribution >= 4 is 23.0 Å². The second kappa shape index (κ2) is 4.78. The van der Waals surface area contributed by atoms with Crippen LogP contribution >= 0.6 is 11.6 Å². The van der Waals surface area contributed by atoms with Crippen LogP contribution in [0.4, 0.5) is 0 Å². The van der Waals surface area contributed by atoms with E-state index in [-0.39, 0.29) is 0 Å². The Morgan fingerprint density at radius 3 is 2.75 bits per heavy atom. The van der Waals surface area contributed by atoms with Gasteiger partial charge in [-0.25, -0.2) is 0 Å². The van der Waals surface area contributed by atoms with E-state index in [2.05, 4.69) is 9.98 Å². The van der Waals surface area contributed by atoms with Crippen LogP contribution < -0.4 is 0 Å². The van der Waals surface area contributed by atoms with Gasteiger partial charge < -0.3 is 0 Å². The van der Waals surface area contributed by atoms with Crippen molar-refractivity contribution in [2.75, 3.05) is 13.6 Å². The summed E-state index contributed by atoms with van der Waals surface area (Å²) >= 11 is 5.48. The van der Waals surface area contributed by atoms with Gasteiger partial charge in [-0.1, -0.05) is 11.6 Å². The Morgan fingerprint density at radius 2 is 2.38 bits per heavy atom. The van der Waals surface area contributed by atoms with E-state index in [9.17, 15) is 0 Å². The first-order chi connectivity index (χ1) is 3.81. The Balaban J connectivity index is 3.61. The first kappa shape index (κ1) is 7.63. The number of aliphatic imine (C=N–C) groups is 2. The van der Waals surface area contributed by atoms with Crippen LogP contribution in [0.5, 0.6) is 0 Å². The zero-order valence-electron chi connectivity index (χ0n) is 5.06. The minimum Gasteiger partial charge on any atom is -0.293 e. The van der Waals surface area contributed by atoms with Gasteiger partial charge in [0, 0.05) is 13.6 Å². The summed E-state index contributed by atoms with van der Waals surface area (Å²) in [6, 6.07) is 0. The third kappa shape index (κ3) is 3.81. The number of hydrogen-bond donors (Lipinski definition) is 0. The second-order valence-corrected chi connectivity index (χ2v) is 1.57. The molecule has 0 saturated carbocycles. The van der Waals surface area contributed by atoms with Gasteiger partial charge in [0.15, 0.2) is 0 Å². The number of rotatable bonds is 2. The van der Waals surface area contributed by atoms with Crippen molar-refractivity contribution in [3.63, 3.8) is 0 Å². The number of halogens is 1. The zero-order chi connectivity index (χ0) is 6.41. The van der Waals surface area contributed by atoms with Crippen LogP contribution in [0.1, 0.15) is 6.92 Å². The first-order valence-electron chi connectivity index (χ1n) is 2.43. The molecule has 0 unspecified atom stereocenters. The van der Waals surface area contributed by atoms with Gasteiger partial charge in [-0.2, -0.15) is 0 Å². The fourth-order valence-corrected chi connectivity index (χ4v) is 0.516. The molecule has 2 nitrogen and oxygen atoms in total. The van der Waals surface area contributed by atoms with Crippen LogP contribution in [-0.4, -0.2) is 25.0 Å². The Kier molecular flexibility index (Phi) is 4.56. The van der Waals surface area contributed by atoms with Crippen LogP contribution in [-0.2, 0) is 0 Å². The van der Waals surface area contributed by atoms with Crippen molar-refractivity contribution in [3.05, 3.63) is 0 Å². The Labute approximate surface area is 54.3 Å². The van der Waals surface area contributed by atoms with Gasteiger partial charge in [-0.05, 0) is 6.92 Å². The molecule has 0 radical (unpaired) electrons. The minimum atomic E-state index is 0.468. The van der Waals surface area contributed by atoms with E-state index in [0.29, 0.717) is 11.7 Å². The molecule has 0 spiro atoms. The van der Waals surface area contributed by atoms with Gasteiger partial charge in [0.1, 0.15) is 5.17 Å². The molecule has 0 atom stereocenters. The Bertz CT molecular complexity index is 107. The lowest BCUT2D eigenvalue weighted by Gasteiger charge is -1.81. The van der Waals surface area contributed by atoms with E-state index in [1.165, 1.54) is 6.21 Å². The van der Waals surface area contributed by atoms with Gasteiger partial charge in [-0.3, -0.25) is 9.98 Å². The fourth-order valence-electron chi connectivity index (χ4n) is 0.298. The Hall–Kier alpha value is -0.370. The molecule has 0 aliphatic carbocycles. The minimum absolute atomic E-state index is 0.468. The molecule has 46 valence electrons. The monoisotopic (exact) mass is 132 g/mol. The van der Waals surface area contributed by atoms with Crippen molar-refractivity contribution in [2.45, 2.75) is 6.92 Å². The van der Waals surface area contributed by atoms with Crippen molar-refractivity contribution in [1.82, 2.24) is 0 Å². The molecule has 0 aliphatic heterocycles. The molecule has 0 amide bonds. The number of hydrogen-bond acceptors (Lipinski definition) is 2. The largest absolute Gasteiger partial charge is 0.293 e. The molecular formula is C5H9ClN2. The molecule has 3 heteroatoms. The van der Waals surface area contributed by atoms with Gasteiger partial charge in [0.25, 0.3) is 0 Å². The predicted octanol–water partition coefficient (Wildman–Crippen LogP) is 1.34. The van der Waals surface area contributed by atoms with Crippen LogP contribution in [0.15, 0.2) is 9.98 Å². The molecule has 0 saturated heterocycles. The maximum absolute atomic E-state index is 5.48. The summed E-state index contributed by atoms with van der Waals surface area (Å²) < 4.78 is 0. The summed E-state index contributed by atoms with van der Waals surface area (Å²) in [4.78, 5) is 7.51. The summed E-state index contributed by atoms with van der Waals surface area (Å²) in [5.74, 6) is 0. The molecule has 0 aromatic heterocycles. The maximum Gasteiger partial charge on any atom is 0.141 e. The van der Waals surface area contributed by atoms with Crippen molar-refractivity contribution < 1.29 is 0 Å². The average molecular weight is 133 g/mol. The van der Waals surface area contributed by atoms with Crippen molar-refractivity contribution in [1.29, 1.82) is 0 Å². The van der Waals surface area contributed by atoms with Gasteiger partial charge in [0.05, 0.1) is 6.21 Å². The number of nitrogens with zero attached hydrogens (tertiary/aromatic N) is 2. The van der Waals surface area contributed by atoms with Crippen molar-refractivity contribution in [2.24, 2.45) is 9.98 Å². The lowest BCUT2D eigenvalue weighted by atomic mass is 10.7. The zero-order valence-corrected chi connectivity index (χ0v) is 5.81. The molecule has 0 aromatic rings. The molecule has 8 heavy (non-hydrogen) atoms. The standard InChI is InChI=1S/C5H9ClN2/c1-3-8-5(6)4-7-2/h4H,3H2,1-2H3.